The molecule has 0 aliphatic carbocycles. The van der Waals surface area contributed by atoms with Crippen LogP contribution in [0.15, 0.2) is 48.5 Å². The standard InChI is InChI=1S/C22H26N2O4/c23-18(12-16-4-2-1-3-5-16)21(25)24-14-22(8-10-26-11-9-22)17-6-7-19-20(13-17)28-15-27-19/h1-7,13,18H,8-12,14-15,23H2,(H,24,25)/t18-/m0/s1. The average molecular weight is 382 g/mol. The first-order chi connectivity index (χ1) is 13.7. The average Bonchev–Trinajstić information content (AvgIpc) is 3.21. The third-order valence-electron chi connectivity index (χ3n) is 5.67. The van der Waals surface area contributed by atoms with Crippen molar-refractivity contribution in [1.82, 2.24) is 5.32 Å². The summed E-state index contributed by atoms with van der Waals surface area (Å²) in [5.74, 6) is 1.39. The van der Waals surface area contributed by atoms with Gasteiger partial charge in [-0.05, 0) is 42.5 Å². The number of fused-ring (bicyclic) bond motifs is 1. The van der Waals surface area contributed by atoms with Crippen LogP contribution in [-0.4, -0.2) is 38.5 Å². The highest BCUT2D eigenvalue weighted by atomic mass is 16.7. The lowest BCUT2D eigenvalue weighted by molar-refractivity contribution is -0.122. The second-order valence-corrected chi connectivity index (χ2v) is 7.47. The van der Waals surface area contributed by atoms with Crippen LogP contribution in [0.4, 0.5) is 0 Å². The molecule has 1 saturated heterocycles. The van der Waals surface area contributed by atoms with Gasteiger partial charge in [-0.3, -0.25) is 4.79 Å². The van der Waals surface area contributed by atoms with Gasteiger partial charge in [-0.1, -0.05) is 36.4 Å². The van der Waals surface area contributed by atoms with E-state index in [1.165, 1.54) is 0 Å². The first-order valence-corrected chi connectivity index (χ1v) is 9.71. The lowest BCUT2D eigenvalue weighted by atomic mass is 9.74. The van der Waals surface area contributed by atoms with Crippen molar-refractivity contribution in [3.05, 3.63) is 59.7 Å². The van der Waals surface area contributed by atoms with E-state index in [-0.39, 0.29) is 18.1 Å². The van der Waals surface area contributed by atoms with Crippen molar-refractivity contribution >= 4 is 5.91 Å². The Morgan fingerprint density at radius 1 is 1.07 bits per heavy atom. The van der Waals surface area contributed by atoms with E-state index in [9.17, 15) is 4.79 Å². The van der Waals surface area contributed by atoms with E-state index >= 15 is 0 Å². The monoisotopic (exact) mass is 382 g/mol. The number of nitrogens with one attached hydrogen (secondary N) is 1. The number of rotatable bonds is 6. The molecule has 28 heavy (non-hydrogen) atoms. The van der Waals surface area contributed by atoms with Crippen molar-refractivity contribution in [1.29, 1.82) is 0 Å². The highest BCUT2D eigenvalue weighted by Gasteiger charge is 2.36. The van der Waals surface area contributed by atoms with Gasteiger partial charge < -0.3 is 25.3 Å². The Balaban J connectivity index is 1.45. The minimum atomic E-state index is -0.573. The molecular formula is C22H26N2O4. The number of nitrogens with two attached hydrogens (primary N) is 1. The molecule has 2 aromatic carbocycles. The van der Waals surface area contributed by atoms with E-state index in [2.05, 4.69) is 11.4 Å². The van der Waals surface area contributed by atoms with Crippen LogP contribution < -0.4 is 20.5 Å². The number of hydrogen-bond donors (Lipinski definition) is 2. The topological polar surface area (TPSA) is 82.8 Å². The molecule has 0 spiro atoms. The van der Waals surface area contributed by atoms with Crippen molar-refractivity contribution in [2.24, 2.45) is 5.73 Å². The summed E-state index contributed by atoms with van der Waals surface area (Å²) in [5.41, 5.74) is 8.15. The summed E-state index contributed by atoms with van der Waals surface area (Å²) >= 11 is 0. The van der Waals surface area contributed by atoms with Crippen molar-refractivity contribution in [3.8, 4) is 11.5 Å². The molecule has 6 nitrogen and oxygen atoms in total. The maximum atomic E-state index is 12.6. The minimum absolute atomic E-state index is 0.129. The van der Waals surface area contributed by atoms with Crippen LogP contribution in [0.25, 0.3) is 0 Å². The normalized spacial score (nSPS) is 18.5. The molecule has 1 fully saturated rings. The van der Waals surface area contributed by atoms with Crippen molar-refractivity contribution in [2.75, 3.05) is 26.6 Å². The Hall–Kier alpha value is -2.57. The summed E-state index contributed by atoms with van der Waals surface area (Å²) in [5, 5.41) is 3.09. The predicted octanol–water partition coefficient (Wildman–Crippen LogP) is 2.15. The lowest BCUT2D eigenvalue weighted by Crippen LogP contribution is -2.49. The molecule has 1 amide bonds. The Morgan fingerprint density at radius 3 is 2.61 bits per heavy atom. The van der Waals surface area contributed by atoms with Gasteiger partial charge in [0.25, 0.3) is 0 Å². The summed E-state index contributed by atoms with van der Waals surface area (Å²) in [7, 11) is 0. The van der Waals surface area contributed by atoms with E-state index in [1.54, 1.807) is 0 Å². The van der Waals surface area contributed by atoms with Gasteiger partial charge in [0.15, 0.2) is 11.5 Å². The first-order valence-electron chi connectivity index (χ1n) is 9.71. The molecule has 148 valence electrons. The zero-order chi connectivity index (χ0) is 19.4. The van der Waals surface area contributed by atoms with Crippen molar-refractivity contribution in [2.45, 2.75) is 30.7 Å². The van der Waals surface area contributed by atoms with Crippen LogP contribution in [0.1, 0.15) is 24.0 Å². The molecule has 2 aliphatic heterocycles. The summed E-state index contributed by atoms with van der Waals surface area (Å²) in [6.07, 6.45) is 2.19. The Kier molecular flexibility index (Phi) is 5.50. The predicted molar refractivity (Wildman–Crippen MR) is 105 cm³/mol. The maximum absolute atomic E-state index is 12.6. The second kappa shape index (κ2) is 8.20. The molecule has 2 aromatic rings. The van der Waals surface area contributed by atoms with Gasteiger partial charge in [0, 0.05) is 25.2 Å². The van der Waals surface area contributed by atoms with Gasteiger partial charge in [-0.25, -0.2) is 0 Å². The zero-order valence-corrected chi connectivity index (χ0v) is 15.9. The number of ether oxygens (including phenoxy) is 3. The maximum Gasteiger partial charge on any atom is 0.237 e. The third kappa shape index (κ3) is 3.98. The Bertz CT molecular complexity index is 819. The first kappa shape index (κ1) is 18.8. The smallest absolute Gasteiger partial charge is 0.237 e. The quantitative estimate of drug-likeness (QED) is 0.800. The molecule has 0 unspecified atom stereocenters. The fourth-order valence-electron chi connectivity index (χ4n) is 3.90. The second-order valence-electron chi connectivity index (χ2n) is 7.47. The molecule has 2 heterocycles. The largest absolute Gasteiger partial charge is 0.454 e. The van der Waals surface area contributed by atoms with E-state index in [4.69, 9.17) is 19.9 Å². The van der Waals surface area contributed by atoms with E-state index in [1.807, 2.05) is 42.5 Å². The van der Waals surface area contributed by atoms with Crippen LogP contribution >= 0.6 is 0 Å². The van der Waals surface area contributed by atoms with Crippen LogP contribution in [0.2, 0.25) is 0 Å². The van der Waals surface area contributed by atoms with Gasteiger partial charge >= 0.3 is 0 Å². The molecule has 0 radical (unpaired) electrons. The number of benzene rings is 2. The van der Waals surface area contributed by atoms with Crippen molar-refractivity contribution < 1.29 is 19.0 Å². The van der Waals surface area contributed by atoms with Crippen molar-refractivity contribution in [3.63, 3.8) is 0 Å². The number of amides is 1. The summed E-state index contributed by atoms with van der Waals surface area (Å²) in [4.78, 5) is 12.6. The highest BCUT2D eigenvalue weighted by molar-refractivity contribution is 5.82. The zero-order valence-electron chi connectivity index (χ0n) is 15.9. The van der Waals surface area contributed by atoms with Gasteiger partial charge in [0.2, 0.25) is 12.7 Å². The van der Waals surface area contributed by atoms with Gasteiger partial charge in [0.05, 0.1) is 6.04 Å². The third-order valence-corrected chi connectivity index (χ3v) is 5.67. The minimum Gasteiger partial charge on any atom is -0.454 e. The number of hydrogen-bond acceptors (Lipinski definition) is 5. The number of carbonyl (C=O) groups is 1. The van der Waals surface area contributed by atoms with Gasteiger partial charge in [-0.15, -0.1) is 0 Å². The highest BCUT2D eigenvalue weighted by Crippen LogP contribution is 2.40. The summed E-state index contributed by atoms with van der Waals surface area (Å²) < 4.78 is 16.5. The van der Waals surface area contributed by atoms with E-state index < -0.39 is 6.04 Å². The Morgan fingerprint density at radius 2 is 1.82 bits per heavy atom. The fraction of sp³-hybridized carbons (Fsp3) is 0.409. The molecular weight excluding hydrogens is 356 g/mol. The molecule has 4 rings (SSSR count). The molecule has 1 atom stereocenters. The number of carbonyl (C=O) groups excluding carboxylic acids is 1. The van der Waals surface area contributed by atoms with Crippen LogP contribution in [0.3, 0.4) is 0 Å². The van der Waals surface area contributed by atoms with E-state index in [0.717, 1.165) is 35.5 Å². The molecule has 2 aliphatic rings. The molecule has 3 N–H and O–H groups in total. The lowest BCUT2D eigenvalue weighted by Gasteiger charge is -2.38. The van der Waals surface area contributed by atoms with Crippen LogP contribution in [-0.2, 0) is 21.4 Å². The SMILES string of the molecule is N[C@@H](Cc1ccccc1)C(=O)NCC1(c2ccc3c(c2)OCO3)CCOCC1. The van der Waals surface area contributed by atoms with Crippen LogP contribution in [0.5, 0.6) is 11.5 Å². The molecule has 0 bridgehead atoms. The van der Waals surface area contributed by atoms with E-state index in [0.29, 0.717) is 26.2 Å². The molecule has 0 saturated carbocycles. The molecule has 0 aromatic heterocycles. The van der Waals surface area contributed by atoms with Crippen LogP contribution in [0, 0.1) is 0 Å². The van der Waals surface area contributed by atoms with Gasteiger partial charge in [-0.2, -0.15) is 0 Å². The fourth-order valence-corrected chi connectivity index (χ4v) is 3.90. The summed E-state index contributed by atoms with van der Waals surface area (Å²) in [6.45, 7) is 2.11. The molecule has 6 heteroatoms. The summed E-state index contributed by atoms with van der Waals surface area (Å²) in [6, 6.07) is 15.3. The Labute approximate surface area is 165 Å². The van der Waals surface area contributed by atoms with Gasteiger partial charge in [0.1, 0.15) is 0 Å².